The largest absolute Gasteiger partial charge is 0.451 e. The maximum atomic E-state index is 13.5. The van der Waals surface area contributed by atoms with E-state index in [9.17, 15) is 14.4 Å². The molecular weight excluding hydrogens is 480 g/mol. The van der Waals surface area contributed by atoms with Crippen LogP contribution >= 0.6 is 0 Å². The molecule has 0 spiro atoms. The lowest BCUT2D eigenvalue weighted by molar-refractivity contribution is -0.142. The van der Waals surface area contributed by atoms with Crippen molar-refractivity contribution in [1.82, 2.24) is 9.80 Å². The number of amides is 2. The maximum Gasteiger partial charge on any atom is 0.308 e. The van der Waals surface area contributed by atoms with Gasteiger partial charge in [-0.15, -0.1) is 0 Å². The van der Waals surface area contributed by atoms with Crippen molar-refractivity contribution in [3.05, 3.63) is 124 Å². The third-order valence-electron chi connectivity index (χ3n) is 7.09. The molecule has 0 bridgehead atoms. The van der Waals surface area contributed by atoms with Gasteiger partial charge >= 0.3 is 5.97 Å². The average Bonchev–Trinajstić information content (AvgIpc) is 3.39. The number of para-hydroxylation sites is 1. The van der Waals surface area contributed by atoms with E-state index in [0.29, 0.717) is 31.0 Å². The van der Waals surface area contributed by atoms with Crippen LogP contribution in [0.4, 0.5) is 0 Å². The number of nitrogens with zero attached hydrogens (tertiary/aromatic N) is 2. The molecule has 3 aliphatic heterocycles. The molecule has 0 saturated carbocycles. The van der Waals surface area contributed by atoms with Crippen LogP contribution in [0.3, 0.4) is 0 Å². The number of benzene rings is 3. The molecule has 3 aromatic rings. The summed E-state index contributed by atoms with van der Waals surface area (Å²) in [6, 6.07) is 27.0. The summed E-state index contributed by atoms with van der Waals surface area (Å²) in [5.41, 5.74) is 4.27. The molecule has 0 saturated heterocycles. The standard InChI is InChI=1S/C31H26N2O5/c1-20(34)37-28-24(18-32(30(28)35)16-21-10-4-2-5-11-21)27-23-14-8-9-15-26(23)38-29-25(27)19-33(31(29)36)17-22-12-6-3-7-13-22/h2-15,27H,16-19H2,1H3/t27-/m1/s1. The Morgan fingerprint density at radius 2 is 1.34 bits per heavy atom. The molecule has 3 aromatic carbocycles. The van der Waals surface area contributed by atoms with Crippen molar-refractivity contribution in [3.8, 4) is 5.75 Å². The Labute approximate surface area is 220 Å². The van der Waals surface area contributed by atoms with Crippen LogP contribution in [0.25, 0.3) is 0 Å². The zero-order valence-corrected chi connectivity index (χ0v) is 20.9. The first kappa shape index (κ1) is 23.7. The van der Waals surface area contributed by atoms with Crippen molar-refractivity contribution in [3.63, 3.8) is 0 Å². The normalized spacial score (nSPS) is 18.5. The van der Waals surface area contributed by atoms with E-state index in [-0.39, 0.29) is 29.9 Å². The number of carbonyl (C=O) groups excluding carboxylic acids is 3. The Kier molecular flexibility index (Phi) is 6.04. The smallest absolute Gasteiger partial charge is 0.308 e. The Hall–Kier alpha value is -4.65. The van der Waals surface area contributed by atoms with Gasteiger partial charge in [-0.1, -0.05) is 78.9 Å². The molecule has 0 N–H and O–H groups in total. The van der Waals surface area contributed by atoms with Gasteiger partial charge in [0.15, 0.2) is 11.5 Å². The Morgan fingerprint density at radius 1 is 0.789 bits per heavy atom. The van der Waals surface area contributed by atoms with Gasteiger partial charge in [0.25, 0.3) is 11.8 Å². The fourth-order valence-corrected chi connectivity index (χ4v) is 5.44. The molecule has 0 fully saturated rings. The van der Waals surface area contributed by atoms with E-state index in [0.717, 1.165) is 22.3 Å². The van der Waals surface area contributed by atoms with Crippen molar-refractivity contribution >= 4 is 17.8 Å². The summed E-state index contributed by atoms with van der Waals surface area (Å²) in [4.78, 5) is 42.6. The van der Waals surface area contributed by atoms with Gasteiger partial charge in [-0.05, 0) is 17.2 Å². The zero-order chi connectivity index (χ0) is 26.2. The second-order valence-corrected chi connectivity index (χ2v) is 9.67. The number of ether oxygens (including phenoxy) is 2. The molecule has 3 heterocycles. The molecule has 3 aliphatic rings. The van der Waals surface area contributed by atoms with Crippen molar-refractivity contribution in [2.75, 3.05) is 13.1 Å². The summed E-state index contributed by atoms with van der Waals surface area (Å²) in [6.07, 6.45) is 0. The number of hydrogen-bond acceptors (Lipinski definition) is 5. The third-order valence-corrected chi connectivity index (χ3v) is 7.09. The third kappa shape index (κ3) is 4.26. The first-order valence-corrected chi connectivity index (χ1v) is 12.6. The highest BCUT2D eigenvalue weighted by atomic mass is 16.5. The number of fused-ring (bicyclic) bond motifs is 1. The summed E-state index contributed by atoms with van der Waals surface area (Å²) in [5, 5.41) is 0. The summed E-state index contributed by atoms with van der Waals surface area (Å²) >= 11 is 0. The molecule has 0 aliphatic carbocycles. The second kappa shape index (κ2) is 9.67. The van der Waals surface area contributed by atoms with E-state index in [1.54, 1.807) is 9.80 Å². The summed E-state index contributed by atoms with van der Waals surface area (Å²) < 4.78 is 11.7. The van der Waals surface area contributed by atoms with Crippen molar-refractivity contribution < 1.29 is 23.9 Å². The van der Waals surface area contributed by atoms with Gasteiger partial charge in [0.05, 0.1) is 0 Å². The van der Waals surface area contributed by atoms with E-state index in [1.165, 1.54) is 6.92 Å². The molecule has 0 radical (unpaired) electrons. The Morgan fingerprint density at radius 3 is 1.97 bits per heavy atom. The monoisotopic (exact) mass is 506 g/mol. The van der Waals surface area contributed by atoms with Crippen molar-refractivity contribution in [2.45, 2.75) is 25.9 Å². The van der Waals surface area contributed by atoms with E-state index in [4.69, 9.17) is 9.47 Å². The van der Waals surface area contributed by atoms with E-state index >= 15 is 0 Å². The van der Waals surface area contributed by atoms with Crippen LogP contribution in [-0.4, -0.2) is 40.7 Å². The predicted octanol–water partition coefficient (Wildman–Crippen LogP) is 4.32. The molecule has 7 nitrogen and oxygen atoms in total. The van der Waals surface area contributed by atoms with E-state index < -0.39 is 11.9 Å². The lowest BCUT2D eigenvalue weighted by atomic mass is 9.82. The lowest BCUT2D eigenvalue weighted by Gasteiger charge is -2.28. The van der Waals surface area contributed by atoms with Gasteiger partial charge in [-0.25, -0.2) is 0 Å². The minimum Gasteiger partial charge on any atom is -0.451 e. The number of rotatable bonds is 6. The number of hydrogen-bond donors (Lipinski definition) is 0. The molecule has 7 heteroatoms. The molecular formula is C31H26N2O5. The molecule has 0 aromatic heterocycles. The lowest BCUT2D eigenvalue weighted by Crippen LogP contribution is -2.28. The molecule has 38 heavy (non-hydrogen) atoms. The first-order valence-electron chi connectivity index (χ1n) is 12.6. The van der Waals surface area contributed by atoms with Crippen LogP contribution in [0.2, 0.25) is 0 Å². The highest BCUT2D eigenvalue weighted by Crippen LogP contribution is 2.48. The van der Waals surface area contributed by atoms with Gasteiger partial charge in [0, 0.05) is 55.7 Å². The highest BCUT2D eigenvalue weighted by molar-refractivity contribution is 5.99. The summed E-state index contributed by atoms with van der Waals surface area (Å²) in [6.45, 7) is 2.74. The molecule has 6 rings (SSSR count). The molecule has 190 valence electrons. The van der Waals surface area contributed by atoms with Gasteiger partial charge in [0.1, 0.15) is 5.75 Å². The predicted molar refractivity (Wildman–Crippen MR) is 139 cm³/mol. The Balaban J connectivity index is 1.40. The van der Waals surface area contributed by atoms with Gasteiger partial charge < -0.3 is 19.3 Å². The van der Waals surface area contributed by atoms with Gasteiger partial charge in [-0.3, -0.25) is 14.4 Å². The minimum atomic E-state index is -0.560. The fraction of sp³-hybridized carbons (Fsp3) is 0.194. The van der Waals surface area contributed by atoms with Crippen LogP contribution in [0.5, 0.6) is 5.75 Å². The average molecular weight is 507 g/mol. The van der Waals surface area contributed by atoms with E-state index in [1.807, 2.05) is 84.9 Å². The first-order chi connectivity index (χ1) is 18.5. The van der Waals surface area contributed by atoms with Crippen LogP contribution in [0.1, 0.15) is 29.5 Å². The molecule has 1 atom stereocenters. The van der Waals surface area contributed by atoms with Crippen LogP contribution in [0, 0.1) is 0 Å². The fourth-order valence-electron chi connectivity index (χ4n) is 5.44. The van der Waals surface area contributed by atoms with Crippen LogP contribution in [-0.2, 0) is 32.2 Å². The van der Waals surface area contributed by atoms with Crippen LogP contribution in [0.15, 0.2) is 108 Å². The SMILES string of the molecule is CC(=O)OC1=C([C@@H]2C3=C(Oc4ccccc42)C(=O)N(Cc2ccccc2)C3)CN(Cc2ccccc2)C1=O. The van der Waals surface area contributed by atoms with Gasteiger partial charge in [-0.2, -0.15) is 0 Å². The van der Waals surface area contributed by atoms with Gasteiger partial charge in [0.2, 0.25) is 0 Å². The van der Waals surface area contributed by atoms with E-state index in [2.05, 4.69) is 0 Å². The van der Waals surface area contributed by atoms with Crippen molar-refractivity contribution in [2.24, 2.45) is 0 Å². The number of carbonyl (C=O) groups is 3. The highest BCUT2D eigenvalue weighted by Gasteiger charge is 2.46. The maximum absolute atomic E-state index is 13.5. The summed E-state index contributed by atoms with van der Waals surface area (Å²) in [7, 11) is 0. The zero-order valence-electron chi connectivity index (χ0n) is 20.9. The number of esters is 1. The second-order valence-electron chi connectivity index (χ2n) is 9.67. The quantitative estimate of drug-likeness (QED) is 0.466. The minimum absolute atomic E-state index is 0.0379. The Bertz CT molecular complexity index is 1490. The van der Waals surface area contributed by atoms with Crippen LogP contribution < -0.4 is 4.74 Å². The topological polar surface area (TPSA) is 76.2 Å². The van der Waals surface area contributed by atoms with Crippen molar-refractivity contribution in [1.29, 1.82) is 0 Å². The molecule has 0 unspecified atom stereocenters. The summed E-state index contributed by atoms with van der Waals surface area (Å²) in [5.74, 6) is -0.632. The molecule has 2 amide bonds.